The van der Waals surface area contributed by atoms with Crippen LogP contribution in [0.3, 0.4) is 0 Å². The zero-order valence-electron chi connectivity index (χ0n) is 10.1. The molecule has 1 spiro atoms. The summed E-state index contributed by atoms with van der Waals surface area (Å²) < 4.78 is 16.0. The Hall–Kier alpha value is -0.940. The number of hydrogen-bond acceptors (Lipinski definition) is 5. The number of esters is 1. The average molecular weight is 242 g/mol. The van der Waals surface area contributed by atoms with Gasteiger partial charge in [-0.1, -0.05) is 0 Å². The van der Waals surface area contributed by atoms with Crippen LogP contribution in [0.1, 0.15) is 32.6 Å². The van der Waals surface area contributed by atoms with Crippen molar-refractivity contribution in [3.63, 3.8) is 0 Å². The summed E-state index contributed by atoms with van der Waals surface area (Å²) in [4.78, 5) is 23.2. The van der Waals surface area contributed by atoms with E-state index in [1.807, 2.05) is 0 Å². The SMILES string of the molecule is CCOC(=O)C[C@H]1CC2(CCC1=O)OCCO2. The Morgan fingerprint density at radius 1 is 1.47 bits per heavy atom. The molecule has 0 N–H and O–H groups in total. The molecule has 0 amide bonds. The third kappa shape index (κ3) is 2.84. The summed E-state index contributed by atoms with van der Waals surface area (Å²) in [5.74, 6) is -1.14. The van der Waals surface area contributed by atoms with Gasteiger partial charge in [-0.25, -0.2) is 0 Å². The number of Topliss-reactive ketones (excluding diaryl/α,β-unsaturated/α-hetero) is 1. The van der Waals surface area contributed by atoms with E-state index in [4.69, 9.17) is 14.2 Å². The van der Waals surface area contributed by atoms with Crippen LogP contribution < -0.4 is 0 Å². The Balaban J connectivity index is 1.95. The minimum absolute atomic E-state index is 0.114. The van der Waals surface area contributed by atoms with Crippen molar-refractivity contribution in [1.29, 1.82) is 0 Å². The first kappa shape index (κ1) is 12.5. The van der Waals surface area contributed by atoms with Crippen LogP contribution in [0.2, 0.25) is 0 Å². The normalized spacial score (nSPS) is 27.4. The summed E-state index contributed by atoms with van der Waals surface area (Å²) in [7, 11) is 0. The van der Waals surface area contributed by atoms with Gasteiger partial charge in [-0.3, -0.25) is 9.59 Å². The van der Waals surface area contributed by atoms with Gasteiger partial charge >= 0.3 is 5.97 Å². The molecule has 5 heteroatoms. The largest absolute Gasteiger partial charge is 0.466 e. The van der Waals surface area contributed by atoms with Crippen LogP contribution in [-0.2, 0) is 23.8 Å². The Morgan fingerprint density at radius 2 is 2.18 bits per heavy atom. The number of rotatable bonds is 3. The standard InChI is InChI=1S/C12H18O5/c1-2-15-11(14)7-9-8-12(4-3-10(9)13)16-5-6-17-12/h9H,2-8H2,1H3/t9-/m0/s1. The molecule has 17 heavy (non-hydrogen) atoms. The highest BCUT2D eigenvalue weighted by Gasteiger charge is 2.45. The molecule has 0 radical (unpaired) electrons. The lowest BCUT2D eigenvalue weighted by Crippen LogP contribution is -2.41. The topological polar surface area (TPSA) is 61.8 Å². The zero-order chi connectivity index (χ0) is 12.3. The summed E-state index contributed by atoms with van der Waals surface area (Å²) in [5.41, 5.74) is 0. The molecule has 0 bridgehead atoms. The molecule has 1 heterocycles. The van der Waals surface area contributed by atoms with Crippen LogP contribution in [0, 0.1) is 5.92 Å². The minimum Gasteiger partial charge on any atom is -0.466 e. The third-order valence-corrected chi connectivity index (χ3v) is 3.30. The highest BCUT2D eigenvalue weighted by Crippen LogP contribution is 2.38. The quantitative estimate of drug-likeness (QED) is 0.692. The summed E-state index contributed by atoms with van der Waals surface area (Å²) in [5, 5.41) is 0. The van der Waals surface area contributed by atoms with E-state index < -0.39 is 5.79 Å². The van der Waals surface area contributed by atoms with Gasteiger partial charge < -0.3 is 14.2 Å². The fourth-order valence-corrected chi connectivity index (χ4v) is 2.48. The van der Waals surface area contributed by atoms with Crippen molar-refractivity contribution in [1.82, 2.24) is 0 Å². The lowest BCUT2D eigenvalue weighted by Gasteiger charge is -2.34. The molecule has 0 aromatic carbocycles. The van der Waals surface area contributed by atoms with E-state index in [1.54, 1.807) is 6.92 Å². The lowest BCUT2D eigenvalue weighted by molar-refractivity contribution is -0.190. The Kier molecular flexibility index (Phi) is 3.79. The van der Waals surface area contributed by atoms with Crippen molar-refractivity contribution >= 4 is 11.8 Å². The van der Waals surface area contributed by atoms with Crippen LogP contribution in [0.15, 0.2) is 0 Å². The molecular formula is C12H18O5. The predicted octanol–water partition coefficient (Wildman–Crippen LogP) is 1.05. The van der Waals surface area contributed by atoms with Crippen molar-refractivity contribution in [3.05, 3.63) is 0 Å². The van der Waals surface area contributed by atoms with Crippen molar-refractivity contribution in [3.8, 4) is 0 Å². The molecule has 0 unspecified atom stereocenters. The van der Waals surface area contributed by atoms with Crippen LogP contribution in [0.4, 0.5) is 0 Å². The zero-order valence-corrected chi connectivity index (χ0v) is 10.1. The highest BCUT2D eigenvalue weighted by atomic mass is 16.7. The number of ether oxygens (including phenoxy) is 3. The third-order valence-electron chi connectivity index (χ3n) is 3.30. The molecule has 1 saturated heterocycles. The van der Waals surface area contributed by atoms with Crippen molar-refractivity contribution in [2.75, 3.05) is 19.8 Å². The first-order valence-corrected chi connectivity index (χ1v) is 6.11. The highest BCUT2D eigenvalue weighted by molar-refractivity contribution is 5.86. The monoisotopic (exact) mass is 242 g/mol. The molecule has 5 nitrogen and oxygen atoms in total. The maximum Gasteiger partial charge on any atom is 0.306 e. The molecule has 1 atom stereocenters. The van der Waals surface area contributed by atoms with E-state index in [2.05, 4.69) is 0 Å². The molecule has 2 aliphatic rings. The smallest absolute Gasteiger partial charge is 0.306 e. The van der Waals surface area contributed by atoms with Crippen molar-refractivity contribution in [2.24, 2.45) is 5.92 Å². The second kappa shape index (κ2) is 5.14. The van der Waals surface area contributed by atoms with Gasteiger partial charge in [-0.15, -0.1) is 0 Å². The lowest BCUT2D eigenvalue weighted by atomic mass is 9.82. The van der Waals surface area contributed by atoms with Crippen LogP contribution in [-0.4, -0.2) is 37.4 Å². The summed E-state index contributed by atoms with van der Waals surface area (Å²) in [6.45, 7) is 3.24. The Morgan fingerprint density at radius 3 is 2.82 bits per heavy atom. The van der Waals surface area contributed by atoms with Crippen LogP contribution >= 0.6 is 0 Å². The predicted molar refractivity (Wildman–Crippen MR) is 58.2 cm³/mol. The second-order valence-corrected chi connectivity index (χ2v) is 4.48. The maximum atomic E-state index is 11.8. The number of carbonyl (C=O) groups is 2. The molecule has 2 fully saturated rings. The van der Waals surface area contributed by atoms with E-state index in [0.29, 0.717) is 39.1 Å². The van der Waals surface area contributed by atoms with Gasteiger partial charge in [0.05, 0.1) is 26.2 Å². The van der Waals surface area contributed by atoms with Crippen LogP contribution in [0.5, 0.6) is 0 Å². The molecule has 1 aliphatic heterocycles. The summed E-state index contributed by atoms with van der Waals surface area (Å²) in [6.07, 6.45) is 1.64. The minimum atomic E-state index is -0.620. The molecule has 2 rings (SSSR count). The van der Waals surface area contributed by atoms with E-state index >= 15 is 0 Å². The van der Waals surface area contributed by atoms with E-state index in [9.17, 15) is 9.59 Å². The summed E-state index contributed by atoms with van der Waals surface area (Å²) in [6, 6.07) is 0. The molecule has 1 saturated carbocycles. The fraction of sp³-hybridized carbons (Fsp3) is 0.833. The van der Waals surface area contributed by atoms with Crippen molar-refractivity contribution < 1.29 is 23.8 Å². The van der Waals surface area contributed by atoms with Gasteiger partial charge in [0.1, 0.15) is 5.78 Å². The number of ketones is 1. The second-order valence-electron chi connectivity index (χ2n) is 4.48. The fourth-order valence-electron chi connectivity index (χ4n) is 2.48. The molecule has 96 valence electrons. The first-order valence-electron chi connectivity index (χ1n) is 6.11. The first-order chi connectivity index (χ1) is 8.15. The van der Waals surface area contributed by atoms with E-state index in [1.165, 1.54) is 0 Å². The summed E-state index contributed by atoms with van der Waals surface area (Å²) >= 11 is 0. The van der Waals surface area contributed by atoms with Gasteiger partial charge in [0.2, 0.25) is 0 Å². The Bertz CT molecular complexity index is 306. The number of carbonyl (C=O) groups excluding carboxylic acids is 2. The average Bonchev–Trinajstić information content (AvgIpc) is 2.73. The van der Waals surface area contributed by atoms with E-state index in [0.717, 1.165) is 0 Å². The van der Waals surface area contributed by atoms with Gasteiger partial charge in [-0.05, 0) is 6.92 Å². The molecule has 0 aromatic rings. The number of hydrogen-bond donors (Lipinski definition) is 0. The van der Waals surface area contributed by atoms with Gasteiger partial charge in [0.25, 0.3) is 0 Å². The maximum absolute atomic E-state index is 11.8. The van der Waals surface area contributed by atoms with Gasteiger partial charge in [0.15, 0.2) is 5.79 Å². The van der Waals surface area contributed by atoms with Crippen molar-refractivity contribution in [2.45, 2.75) is 38.4 Å². The van der Waals surface area contributed by atoms with E-state index in [-0.39, 0.29) is 24.1 Å². The van der Waals surface area contributed by atoms with Gasteiger partial charge in [-0.2, -0.15) is 0 Å². The van der Waals surface area contributed by atoms with Gasteiger partial charge in [0, 0.05) is 25.2 Å². The molecular weight excluding hydrogens is 224 g/mol. The molecule has 1 aliphatic carbocycles. The Labute approximate surface area is 100 Å². The van der Waals surface area contributed by atoms with Crippen LogP contribution in [0.25, 0.3) is 0 Å². The molecule has 0 aromatic heterocycles.